The van der Waals surface area contributed by atoms with E-state index in [0.717, 1.165) is 11.4 Å². The summed E-state index contributed by atoms with van der Waals surface area (Å²) in [6, 6.07) is 1.99. The first kappa shape index (κ1) is 9.81. The maximum Gasteiger partial charge on any atom is 0.245 e. The molecule has 1 N–H and O–H groups in total. The molecule has 13 heavy (non-hydrogen) atoms. The van der Waals surface area contributed by atoms with E-state index in [4.69, 9.17) is 0 Å². The Morgan fingerprint density at radius 1 is 1.46 bits per heavy atom. The van der Waals surface area contributed by atoms with Gasteiger partial charge < -0.3 is 0 Å². The second kappa shape index (κ2) is 3.62. The molecule has 0 atom stereocenters. The Bertz CT molecular complexity index is 377. The Kier molecular flexibility index (Phi) is 2.73. The molecule has 0 radical (unpaired) electrons. The van der Waals surface area contributed by atoms with Crippen molar-refractivity contribution in [2.24, 2.45) is 0 Å². The second-order valence-electron chi connectivity index (χ2n) is 2.64. The molecule has 2 rings (SSSR count). The van der Waals surface area contributed by atoms with Gasteiger partial charge in [-0.05, 0) is 19.9 Å². The highest BCUT2D eigenvalue weighted by atomic mass is 79.9. The van der Waals surface area contributed by atoms with Crippen molar-refractivity contribution in [2.45, 2.75) is 13.8 Å². The van der Waals surface area contributed by atoms with Gasteiger partial charge >= 0.3 is 0 Å². The van der Waals surface area contributed by atoms with Gasteiger partial charge in [0.15, 0.2) is 0 Å². The van der Waals surface area contributed by atoms with Crippen LogP contribution in [0.3, 0.4) is 0 Å². The molecule has 0 unspecified atom stereocenters. The minimum atomic E-state index is 0. The van der Waals surface area contributed by atoms with Crippen LogP contribution in [-0.4, -0.2) is 19.7 Å². The minimum absolute atomic E-state index is 0. The molecule has 2 aromatic rings. The van der Waals surface area contributed by atoms with Crippen LogP contribution in [0.1, 0.15) is 11.4 Å². The fraction of sp³-hybridized carbons (Fsp3) is 0.250. The van der Waals surface area contributed by atoms with Crippen molar-refractivity contribution < 1.29 is 0 Å². The Labute approximate surface area is 86.8 Å². The molecule has 2 heterocycles. The molecule has 0 amide bonds. The predicted octanol–water partition coefficient (Wildman–Crippen LogP) is 1.39. The van der Waals surface area contributed by atoms with Crippen LogP contribution in [0.25, 0.3) is 5.95 Å². The Morgan fingerprint density at radius 2 is 2.23 bits per heavy atom. The highest BCUT2D eigenvalue weighted by molar-refractivity contribution is 8.93. The lowest BCUT2D eigenvalue weighted by Crippen LogP contribution is -2.00. The van der Waals surface area contributed by atoms with E-state index in [0.29, 0.717) is 5.95 Å². The first-order valence-electron chi connectivity index (χ1n) is 3.65. The van der Waals surface area contributed by atoms with Crippen LogP contribution in [0.2, 0.25) is 0 Å². The van der Waals surface area contributed by atoms with E-state index < -0.39 is 0 Å². The number of nitrogens with zero attached hydrogens (tertiary/aromatic N) is 3. The molecule has 0 bridgehead atoms. The van der Waals surface area contributed by atoms with E-state index in [1.54, 1.807) is 4.68 Å². The largest absolute Gasteiger partial charge is 0.281 e. The standard InChI is InChI=1S/C8H8N4.BrH/c1-6-5-7(2)12(11-6)8-9-3-4-10-8;/h5H,1-2H3,(H,9,10);1H. The zero-order valence-electron chi connectivity index (χ0n) is 7.33. The van der Waals surface area contributed by atoms with Crippen LogP contribution in [-0.2, 0) is 0 Å². The lowest BCUT2D eigenvalue weighted by molar-refractivity contribution is 0.785. The van der Waals surface area contributed by atoms with Crippen molar-refractivity contribution in [3.05, 3.63) is 29.8 Å². The molecule has 0 aliphatic heterocycles. The summed E-state index contributed by atoms with van der Waals surface area (Å²) in [5.74, 6) is 0.653. The Balaban J connectivity index is 0.000000845. The summed E-state index contributed by atoms with van der Waals surface area (Å²) in [4.78, 5) is 6.74. The molecule has 0 spiro atoms. The van der Waals surface area contributed by atoms with Crippen LogP contribution in [0.5, 0.6) is 0 Å². The van der Waals surface area contributed by atoms with Gasteiger partial charge in [0.05, 0.1) is 11.9 Å². The van der Waals surface area contributed by atoms with Crippen LogP contribution >= 0.6 is 17.0 Å². The van der Waals surface area contributed by atoms with Gasteiger partial charge in [-0.1, -0.05) is 0 Å². The highest BCUT2D eigenvalue weighted by Crippen LogP contribution is 2.05. The minimum Gasteiger partial charge on any atom is -0.281 e. The Morgan fingerprint density at radius 3 is 2.69 bits per heavy atom. The van der Waals surface area contributed by atoms with Gasteiger partial charge in [0.2, 0.25) is 5.95 Å². The van der Waals surface area contributed by atoms with Gasteiger partial charge in [-0.15, -0.1) is 17.0 Å². The fourth-order valence-corrected chi connectivity index (χ4v) is 1.14. The molecule has 5 heteroatoms. The molecule has 0 aliphatic carbocycles. The van der Waals surface area contributed by atoms with E-state index in [9.17, 15) is 0 Å². The van der Waals surface area contributed by atoms with E-state index in [2.05, 4.69) is 27.5 Å². The van der Waals surface area contributed by atoms with E-state index in [1.807, 2.05) is 19.9 Å². The van der Waals surface area contributed by atoms with Crippen LogP contribution in [0.15, 0.2) is 6.07 Å². The van der Waals surface area contributed by atoms with Crippen molar-refractivity contribution >= 4 is 17.0 Å². The van der Waals surface area contributed by atoms with E-state index in [1.165, 1.54) is 0 Å². The summed E-state index contributed by atoms with van der Waals surface area (Å²) >= 11 is 0. The zero-order chi connectivity index (χ0) is 8.55. The maximum atomic E-state index is 4.24. The molecular formula is C8H9BrN4. The number of aryl methyl sites for hydroxylation is 2. The van der Waals surface area contributed by atoms with Gasteiger partial charge in [-0.25, -0.2) is 4.68 Å². The summed E-state index contributed by atoms with van der Waals surface area (Å²) in [5.41, 5.74) is 2.02. The first-order valence-corrected chi connectivity index (χ1v) is 3.65. The first-order chi connectivity index (χ1) is 5.77. The summed E-state index contributed by atoms with van der Waals surface area (Å²) in [6.07, 6.45) is 5.22. The van der Waals surface area contributed by atoms with Gasteiger partial charge in [-0.3, -0.25) is 4.98 Å². The summed E-state index contributed by atoms with van der Waals surface area (Å²) in [5, 5.41) is 4.24. The number of aromatic amines is 1. The van der Waals surface area contributed by atoms with E-state index >= 15 is 0 Å². The van der Waals surface area contributed by atoms with Crippen molar-refractivity contribution in [2.75, 3.05) is 0 Å². The number of rotatable bonds is 1. The van der Waals surface area contributed by atoms with Gasteiger partial charge in [-0.2, -0.15) is 10.1 Å². The zero-order valence-corrected chi connectivity index (χ0v) is 9.04. The summed E-state index contributed by atoms with van der Waals surface area (Å²) in [6.45, 7) is 3.92. The third kappa shape index (κ3) is 1.73. The molecule has 0 aliphatic rings. The van der Waals surface area contributed by atoms with E-state index in [-0.39, 0.29) is 17.0 Å². The quantitative estimate of drug-likeness (QED) is 0.820. The molecule has 0 saturated carbocycles. The van der Waals surface area contributed by atoms with Crippen molar-refractivity contribution in [1.82, 2.24) is 19.7 Å². The number of aromatic nitrogens is 4. The third-order valence-corrected chi connectivity index (χ3v) is 1.60. The normalized spacial score (nSPS) is 9.08. The lowest BCUT2D eigenvalue weighted by Gasteiger charge is -1.96. The third-order valence-electron chi connectivity index (χ3n) is 1.60. The number of halogens is 1. The summed E-state index contributed by atoms with van der Waals surface area (Å²) < 4.78 is 1.72. The number of nitrogens with one attached hydrogen (secondary N) is 1. The molecule has 0 fully saturated rings. The lowest BCUT2D eigenvalue weighted by atomic mass is 10.4. The smallest absolute Gasteiger partial charge is 0.245 e. The Hall–Kier alpha value is -1.28. The molecule has 2 aromatic heterocycles. The second-order valence-corrected chi connectivity index (χ2v) is 2.64. The van der Waals surface area contributed by atoms with Crippen LogP contribution in [0.4, 0.5) is 0 Å². The number of hydrogen-bond acceptors (Lipinski definition) is 2. The van der Waals surface area contributed by atoms with Gasteiger partial charge in [0.25, 0.3) is 0 Å². The molecular weight excluding hydrogens is 232 g/mol. The molecule has 68 valence electrons. The average molecular weight is 241 g/mol. The van der Waals surface area contributed by atoms with Gasteiger partial charge in [0.1, 0.15) is 0 Å². The summed E-state index contributed by atoms with van der Waals surface area (Å²) in [7, 11) is 0. The topological polar surface area (TPSA) is 46.5 Å². The highest BCUT2D eigenvalue weighted by Gasteiger charge is 2.03. The fourth-order valence-electron chi connectivity index (χ4n) is 1.14. The van der Waals surface area contributed by atoms with Crippen molar-refractivity contribution in [1.29, 1.82) is 0 Å². The van der Waals surface area contributed by atoms with Crippen molar-refractivity contribution in [3.63, 3.8) is 0 Å². The van der Waals surface area contributed by atoms with Crippen LogP contribution in [0, 0.1) is 26.2 Å². The van der Waals surface area contributed by atoms with Crippen molar-refractivity contribution in [3.8, 4) is 5.95 Å². The monoisotopic (exact) mass is 240 g/mol. The molecule has 0 aromatic carbocycles. The number of hydrogen-bond donors (Lipinski definition) is 1. The average Bonchev–Trinajstić information content (AvgIpc) is 2.58. The molecule has 4 nitrogen and oxygen atoms in total. The molecule has 0 saturated heterocycles. The SMILES string of the molecule is Br.Cc1cc(C)n(-c2nc#c[nH]2)n1. The van der Waals surface area contributed by atoms with Gasteiger partial charge in [0, 0.05) is 11.9 Å². The maximum absolute atomic E-state index is 4.24. The number of H-pyrrole nitrogens is 1. The predicted molar refractivity (Wildman–Crippen MR) is 53.2 cm³/mol. The van der Waals surface area contributed by atoms with Crippen LogP contribution < -0.4 is 0 Å².